The summed E-state index contributed by atoms with van der Waals surface area (Å²) in [6, 6.07) is 8.27. The summed E-state index contributed by atoms with van der Waals surface area (Å²) in [4.78, 5) is 4.98. The highest BCUT2D eigenvalue weighted by Gasteiger charge is 2.24. The number of hydrogen-bond donors (Lipinski definition) is 1. The average molecular weight is 310 g/mol. The van der Waals surface area contributed by atoms with Crippen molar-refractivity contribution >= 4 is 27.3 Å². The Labute approximate surface area is 112 Å². The largest absolute Gasteiger partial charge is 0.383 e. The average Bonchev–Trinajstić information content (AvgIpc) is 3.12. The van der Waals surface area contributed by atoms with Crippen molar-refractivity contribution in [1.29, 1.82) is 0 Å². The summed E-state index contributed by atoms with van der Waals surface area (Å²) in [5.74, 6) is 0.715. The fraction of sp³-hybridized carbons (Fsp3) is 0.308. The van der Waals surface area contributed by atoms with E-state index in [-0.39, 0.29) is 0 Å². The van der Waals surface area contributed by atoms with E-state index in [1.807, 2.05) is 12.1 Å². The number of rotatable bonds is 3. The molecule has 3 rings (SSSR count). The van der Waals surface area contributed by atoms with Crippen LogP contribution in [0.5, 0.6) is 0 Å². The highest BCUT2D eigenvalue weighted by molar-refractivity contribution is 9.10. The van der Waals surface area contributed by atoms with Gasteiger partial charge in [-0.1, -0.05) is 24.3 Å². The van der Waals surface area contributed by atoms with Crippen LogP contribution in [-0.2, 0) is 0 Å². The van der Waals surface area contributed by atoms with Crippen LogP contribution in [0.15, 0.2) is 34.4 Å². The molecule has 1 aromatic heterocycles. The van der Waals surface area contributed by atoms with Crippen molar-refractivity contribution in [2.45, 2.75) is 24.9 Å². The first-order valence-corrected chi connectivity index (χ1v) is 7.30. The van der Waals surface area contributed by atoms with Gasteiger partial charge >= 0.3 is 0 Å². The summed E-state index contributed by atoms with van der Waals surface area (Å²) in [5.41, 5.74) is 4.05. The van der Waals surface area contributed by atoms with Gasteiger partial charge in [-0.25, -0.2) is 4.98 Å². The third-order valence-corrected chi connectivity index (χ3v) is 4.85. The number of hydrogen-bond acceptors (Lipinski definition) is 3. The van der Waals surface area contributed by atoms with Crippen LogP contribution in [0.4, 0.5) is 0 Å². The molecule has 1 aliphatic rings. The summed E-state index contributed by atoms with van der Waals surface area (Å²) in [7, 11) is 0. The zero-order chi connectivity index (χ0) is 11.8. The van der Waals surface area contributed by atoms with Crippen molar-refractivity contribution in [1.82, 2.24) is 4.98 Å². The van der Waals surface area contributed by atoms with Gasteiger partial charge in [-0.05, 0) is 45.8 Å². The van der Waals surface area contributed by atoms with E-state index in [1.165, 1.54) is 29.7 Å². The summed E-state index contributed by atoms with van der Waals surface area (Å²) < 4.78 is 0.742. The fourth-order valence-corrected chi connectivity index (χ4v) is 3.39. The first-order valence-electron chi connectivity index (χ1n) is 5.62. The van der Waals surface area contributed by atoms with Gasteiger partial charge in [0.05, 0.1) is 10.4 Å². The second-order valence-electron chi connectivity index (χ2n) is 4.35. The predicted molar refractivity (Wildman–Crippen MR) is 72.3 cm³/mol. The second kappa shape index (κ2) is 4.52. The molecule has 2 aromatic rings. The van der Waals surface area contributed by atoms with E-state index in [4.69, 9.17) is 0 Å². The molecule has 4 heteroatoms. The van der Waals surface area contributed by atoms with Gasteiger partial charge in [-0.15, -0.1) is 11.3 Å². The fourth-order valence-electron chi connectivity index (χ4n) is 1.97. The number of thiazole rings is 1. The van der Waals surface area contributed by atoms with Crippen LogP contribution in [0, 0.1) is 0 Å². The lowest BCUT2D eigenvalue weighted by Gasteiger charge is -2.10. The van der Waals surface area contributed by atoms with Gasteiger partial charge in [-0.3, -0.25) is 0 Å². The minimum Gasteiger partial charge on any atom is -0.383 e. The Morgan fingerprint density at radius 2 is 2.24 bits per heavy atom. The second-order valence-corrected chi connectivity index (χ2v) is 5.99. The molecule has 1 saturated carbocycles. The number of aliphatic hydroxyl groups excluding tert-OH is 1. The number of halogens is 1. The topological polar surface area (TPSA) is 33.1 Å². The van der Waals surface area contributed by atoms with Gasteiger partial charge in [0.2, 0.25) is 0 Å². The first kappa shape index (κ1) is 11.4. The molecule has 1 aromatic carbocycles. The zero-order valence-corrected chi connectivity index (χ0v) is 11.5. The van der Waals surface area contributed by atoms with Gasteiger partial charge in [0, 0.05) is 0 Å². The first-order chi connectivity index (χ1) is 8.25. The molecule has 0 amide bonds. The highest BCUT2D eigenvalue weighted by atomic mass is 79.9. The van der Waals surface area contributed by atoms with Gasteiger partial charge in [-0.2, -0.15) is 0 Å². The molecule has 0 bridgehead atoms. The van der Waals surface area contributed by atoms with Crippen LogP contribution in [0.2, 0.25) is 0 Å². The Morgan fingerprint density at radius 3 is 2.88 bits per heavy atom. The lowest BCUT2D eigenvalue weighted by Crippen LogP contribution is -1.98. The van der Waals surface area contributed by atoms with E-state index in [0.29, 0.717) is 5.92 Å². The monoisotopic (exact) mass is 309 g/mol. The van der Waals surface area contributed by atoms with Gasteiger partial charge in [0.1, 0.15) is 10.7 Å². The normalized spacial score (nSPS) is 17.1. The van der Waals surface area contributed by atoms with E-state index in [9.17, 15) is 5.11 Å². The lowest BCUT2D eigenvalue weighted by atomic mass is 10.0. The van der Waals surface area contributed by atoms with Crippen molar-refractivity contribution in [2.24, 2.45) is 0 Å². The Bertz CT molecular complexity index is 536. The zero-order valence-electron chi connectivity index (χ0n) is 9.14. The summed E-state index contributed by atoms with van der Waals surface area (Å²) in [5, 5.41) is 10.3. The van der Waals surface area contributed by atoms with E-state index >= 15 is 0 Å². The minimum absolute atomic E-state index is 0.574. The van der Waals surface area contributed by atoms with Gasteiger partial charge < -0.3 is 5.11 Å². The molecule has 0 saturated heterocycles. The molecular weight excluding hydrogens is 298 g/mol. The Morgan fingerprint density at radius 1 is 1.41 bits per heavy atom. The minimum atomic E-state index is -0.574. The molecule has 1 heterocycles. The molecule has 1 aliphatic carbocycles. The third kappa shape index (κ3) is 2.30. The van der Waals surface area contributed by atoms with E-state index in [1.54, 1.807) is 5.51 Å². The Balaban J connectivity index is 1.93. The van der Waals surface area contributed by atoms with Crippen LogP contribution in [-0.4, -0.2) is 10.1 Å². The number of benzene rings is 1. The summed E-state index contributed by atoms with van der Waals surface area (Å²) >= 11 is 4.84. The van der Waals surface area contributed by atoms with Crippen LogP contribution < -0.4 is 0 Å². The van der Waals surface area contributed by atoms with E-state index in [0.717, 1.165) is 15.0 Å². The van der Waals surface area contributed by atoms with Crippen molar-refractivity contribution in [2.75, 3.05) is 0 Å². The SMILES string of the molecule is OC(c1cccc(C2CC2)c1)c1scnc1Br. The molecule has 0 spiro atoms. The molecule has 1 fully saturated rings. The van der Waals surface area contributed by atoms with Gasteiger partial charge in [0.15, 0.2) is 0 Å². The maximum absolute atomic E-state index is 10.3. The molecule has 0 radical (unpaired) electrons. The molecular formula is C13H12BrNOS. The van der Waals surface area contributed by atoms with Crippen LogP contribution in [0.25, 0.3) is 0 Å². The maximum atomic E-state index is 10.3. The van der Waals surface area contributed by atoms with E-state index in [2.05, 4.69) is 33.0 Å². The number of aromatic nitrogens is 1. The van der Waals surface area contributed by atoms with Crippen LogP contribution in [0.1, 0.15) is 40.9 Å². The molecule has 88 valence electrons. The maximum Gasteiger partial charge on any atom is 0.123 e. The third-order valence-electron chi connectivity index (χ3n) is 3.07. The molecule has 2 nitrogen and oxygen atoms in total. The highest BCUT2D eigenvalue weighted by Crippen LogP contribution is 2.41. The van der Waals surface area contributed by atoms with Crippen LogP contribution in [0.3, 0.4) is 0 Å². The lowest BCUT2D eigenvalue weighted by molar-refractivity contribution is 0.223. The number of aliphatic hydroxyl groups is 1. The molecule has 1 atom stereocenters. The predicted octanol–water partition coefficient (Wildman–Crippen LogP) is 3.86. The summed E-state index contributed by atoms with van der Waals surface area (Å²) in [6.07, 6.45) is 1.99. The molecule has 17 heavy (non-hydrogen) atoms. The van der Waals surface area contributed by atoms with Crippen LogP contribution >= 0.6 is 27.3 Å². The smallest absolute Gasteiger partial charge is 0.123 e. The van der Waals surface area contributed by atoms with Crippen molar-refractivity contribution in [3.63, 3.8) is 0 Å². The molecule has 1 N–H and O–H groups in total. The molecule has 1 unspecified atom stereocenters. The summed E-state index contributed by atoms with van der Waals surface area (Å²) in [6.45, 7) is 0. The van der Waals surface area contributed by atoms with E-state index < -0.39 is 6.10 Å². The standard InChI is InChI=1S/C13H12BrNOS/c14-13-12(17-7-15-13)11(16)10-3-1-2-9(6-10)8-4-5-8/h1-3,6-8,11,16H,4-5H2. The molecule has 0 aliphatic heterocycles. The van der Waals surface area contributed by atoms with Crippen molar-refractivity contribution < 1.29 is 5.11 Å². The quantitative estimate of drug-likeness (QED) is 0.933. The Kier molecular flexibility index (Phi) is 3.03. The van der Waals surface area contributed by atoms with Crippen molar-refractivity contribution in [3.05, 3.63) is 50.4 Å². The van der Waals surface area contributed by atoms with Gasteiger partial charge in [0.25, 0.3) is 0 Å². The number of nitrogens with zero attached hydrogens (tertiary/aromatic N) is 1. The Hall–Kier alpha value is -0.710. The van der Waals surface area contributed by atoms with Crippen molar-refractivity contribution in [3.8, 4) is 0 Å².